The van der Waals surface area contributed by atoms with Crippen LogP contribution in [-0.2, 0) is 4.79 Å². The normalized spacial score (nSPS) is 12.5. The second-order valence-electron chi connectivity index (χ2n) is 1.83. The van der Waals surface area contributed by atoms with Crippen LogP contribution in [-0.4, -0.2) is 23.5 Å². The maximum absolute atomic E-state index is 10.4. The van der Waals surface area contributed by atoms with Crippen LogP contribution in [0.2, 0.25) is 0 Å². The maximum Gasteiger partial charge on any atom is 0.235 e. The molecule has 10 heavy (non-hydrogen) atoms. The fourth-order valence-corrected chi connectivity index (χ4v) is 1.08. The number of rotatable bonds is 5. The number of hydrogen-bond donors (Lipinski definition) is 2. The van der Waals surface area contributed by atoms with Gasteiger partial charge in [0.15, 0.2) is 0 Å². The number of nitrogens with two attached hydrogens (primary N) is 2. The van der Waals surface area contributed by atoms with Crippen molar-refractivity contribution in [3.63, 3.8) is 0 Å². The molecule has 4 N–H and O–H groups in total. The lowest BCUT2D eigenvalue weighted by atomic mass is 10.3. The van der Waals surface area contributed by atoms with Gasteiger partial charge in [0.05, 0.1) is 6.04 Å². The number of carbonyl (C=O) groups is 1. The number of amides is 1. The highest BCUT2D eigenvalue weighted by atomic mass is 32.2. The largest absolute Gasteiger partial charge is 0.368 e. The summed E-state index contributed by atoms with van der Waals surface area (Å²) in [7, 11) is 0. The Hall–Kier alpha value is -0.480. The molecule has 0 bridgehead atoms. The van der Waals surface area contributed by atoms with E-state index < -0.39 is 11.9 Å². The lowest BCUT2D eigenvalue weighted by molar-refractivity contribution is -0.118. The second-order valence-corrected chi connectivity index (χ2v) is 2.91. The van der Waals surface area contributed by atoms with Crippen molar-refractivity contribution in [3.8, 4) is 0 Å². The maximum atomic E-state index is 10.4. The van der Waals surface area contributed by atoms with Crippen molar-refractivity contribution in [2.24, 2.45) is 11.5 Å². The highest BCUT2D eigenvalue weighted by Gasteiger charge is 2.06. The van der Waals surface area contributed by atoms with Gasteiger partial charge in [0.25, 0.3) is 0 Å². The molecule has 0 fully saturated rings. The van der Waals surface area contributed by atoms with Gasteiger partial charge < -0.3 is 11.5 Å². The molecular formula is C6H12N2OS. The van der Waals surface area contributed by atoms with Crippen LogP contribution in [0.25, 0.3) is 0 Å². The molecule has 0 aromatic heterocycles. The molecule has 1 atom stereocenters. The minimum atomic E-state index is -0.523. The zero-order chi connectivity index (χ0) is 7.98. The van der Waals surface area contributed by atoms with Crippen LogP contribution >= 0.6 is 11.8 Å². The van der Waals surface area contributed by atoms with E-state index >= 15 is 0 Å². The van der Waals surface area contributed by atoms with E-state index in [9.17, 15) is 4.79 Å². The molecule has 4 heteroatoms. The molecule has 0 aliphatic rings. The first-order valence-electron chi connectivity index (χ1n) is 2.92. The molecule has 0 aromatic rings. The molecular weight excluding hydrogens is 148 g/mol. The predicted octanol–water partition coefficient (Wildman–Crippen LogP) is -0.282. The molecule has 0 saturated heterocycles. The van der Waals surface area contributed by atoms with Gasteiger partial charge in [-0.05, 0) is 0 Å². The molecule has 1 amide bonds. The third-order valence-electron chi connectivity index (χ3n) is 0.899. The van der Waals surface area contributed by atoms with E-state index in [4.69, 9.17) is 11.5 Å². The van der Waals surface area contributed by atoms with Crippen molar-refractivity contribution in [1.82, 2.24) is 0 Å². The van der Waals surface area contributed by atoms with Crippen molar-refractivity contribution in [3.05, 3.63) is 12.7 Å². The van der Waals surface area contributed by atoms with Crippen molar-refractivity contribution in [2.45, 2.75) is 6.04 Å². The van der Waals surface area contributed by atoms with E-state index in [-0.39, 0.29) is 0 Å². The van der Waals surface area contributed by atoms with Crippen LogP contribution < -0.4 is 11.5 Å². The minimum Gasteiger partial charge on any atom is -0.368 e. The second kappa shape index (κ2) is 5.32. The standard InChI is InChI=1S/C6H12N2OS/c1-2-3-10-4-5(7)6(8)9/h2,5H,1,3-4,7H2,(H2,8,9). The van der Waals surface area contributed by atoms with Crippen LogP contribution in [0, 0.1) is 0 Å². The highest BCUT2D eigenvalue weighted by Crippen LogP contribution is 2.00. The number of thioether (sulfide) groups is 1. The molecule has 0 rings (SSSR count). The highest BCUT2D eigenvalue weighted by molar-refractivity contribution is 7.99. The van der Waals surface area contributed by atoms with Gasteiger partial charge in [0.2, 0.25) is 5.91 Å². The van der Waals surface area contributed by atoms with Gasteiger partial charge in [-0.3, -0.25) is 4.79 Å². The zero-order valence-electron chi connectivity index (χ0n) is 5.75. The van der Waals surface area contributed by atoms with E-state index in [2.05, 4.69) is 6.58 Å². The van der Waals surface area contributed by atoms with Crippen molar-refractivity contribution >= 4 is 17.7 Å². The van der Waals surface area contributed by atoms with E-state index in [1.165, 1.54) is 0 Å². The summed E-state index contributed by atoms with van der Waals surface area (Å²) in [4.78, 5) is 10.4. The third kappa shape index (κ3) is 4.40. The molecule has 0 aromatic carbocycles. The summed E-state index contributed by atoms with van der Waals surface area (Å²) in [6.45, 7) is 3.52. The van der Waals surface area contributed by atoms with E-state index in [1.54, 1.807) is 17.8 Å². The summed E-state index contributed by atoms with van der Waals surface area (Å²) in [5.74, 6) is 0.930. The molecule has 1 unspecified atom stereocenters. The predicted molar refractivity (Wildman–Crippen MR) is 44.7 cm³/mol. The van der Waals surface area contributed by atoms with Gasteiger partial charge in [-0.25, -0.2) is 0 Å². The Bertz CT molecular complexity index is 127. The topological polar surface area (TPSA) is 69.1 Å². The Morgan fingerprint density at radius 2 is 2.40 bits per heavy atom. The van der Waals surface area contributed by atoms with Crippen LogP contribution in [0.3, 0.4) is 0 Å². The average molecular weight is 160 g/mol. The van der Waals surface area contributed by atoms with Crippen LogP contribution in [0.1, 0.15) is 0 Å². The quantitative estimate of drug-likeness (QED) is 0.429. The van der Waals surface area contributed by atoms with Gasteiger partial charge in [-0.2, -0.15) is 11.8 Å². The van der Waals surface area contributed by atoms with Crippen molar-refractivity contribution in [1.29, 1.82) is 0 Å². The van der Waals surface area contributed by atoms with E-state index in [0.29, 0.717) is 5.75 Å². The molecule has 0 saturated carbocycles. The fraction of sp³-hybridized carbons (Fsp3) is 0.500. The molecule has 0 aliphatic carbocycles. The SMILES string of the molecule is C=CCSCC(N)C(N)=O. The first-order chi connectivity index (χ1) is 4.68. The fourth-order valence-electron chi connectivity index (χ4n) is 0.360. The van der Waals surface area contributed by atoms with Gasteiger partial charge >= 0.3 is 0 Å². The van der Waals surface area contributed by atoms with Crippen LogP contribution in [0.5, 0.6) is 0 Å². The number of carbonyl (C=O) groups excluding carboxylic acids is 1. The molecule has 0 aliphatic heterocycles. The Morgan fingerprint density at radius 3 is 2.80 bits per heavy atom. The Labute approximate surface area is 64.8 Å². The average Bonchev–Trinajstić information content (AvgIpc) is 1.88. The molecule has 0 radical (unpaired) electrons. The zero-order valence-corrected chi connectivity index (χ0v) is 6.56. The first kappa shape index (κ1) is 9.52. The summed E-state index contributed by atoms with van der Waals surface area (Å²) < 4.78 is 0. The Morgan fingerprint density at radius 1 is 1.80 bits per heavy atom. The molecule has 0 spiro atoms. The molecule has 0 heterocycles. The Kier molecular flexibility index (Phi) is 5.06. The number of hydrogen-bond acceptors (Lipinski definition) is 3. The third-order valence-corrected chi connectivity index (χ3v) is 1.96. The first-order valence-corrected chi connectivity index (χ1v) is 4.07. The van der Waals surface area contributed by atoms with Crippen LogP contribution in [0.4, 0.5) is 0 Å². The van der Waals surface area contributed by atoms with Gasteiger partial charge in [-0.1, -0.05) is 6.08 Å². The number of primary amides is 1. The lowest BCUT2D eigenvalue weighted by Gasteiger charge is -2.03. The Balaban J connectivity index is 3.30. The smallest absolute Gasteiger partial charge is 0.235 e. The summed E-state index contributed by atoms with van der Waals surface area (Å²) in [5, 5.41) is 0. The van der Waals surface area contributed by atoms with E-state index in [1.807, 2.05) is 0 Å². The van der Waals surface area contributed by atoms with Gasteiger partial charge in [0.1, 0.15) is 0 Å². The molecule has 58 valence electrons. The monoisotopic (exact) mass is 160 g/mol. The van der Waals surface area contributed by atoms with Gasteiger partial charge in [0, 0.05) is 11.5 Å². The summed E-state index contributed by atoms with van der Waals surface area (Å²) >= 11 is 1.55. The van der Waals surface area contributed by atoms with E-state index in [0.717, 1.165) is 5.75 Å². The van der Waals surface area contributed by atoms with Gasteiger partial charge in [-0.15, -0.1) is 6.58 Å². The lowest BCUT2D eigenvalue weighted by Crippen LogP contribution is -2.38. The van der Waals surface area contributed by atoms with Crippen LogP contribution in [0.15, 0.2) is 12.7 Å². The summed E-state index contributed by atoms with van der Waals surface area (Å²) in [6, 6.07) is -0.523. The minimum absolute atomic E-state index is 0.448. The molecule has 3 nitrogen and oxygen atoms in total. The van der Waals surface area contributed by atoms with Crippen molar-refractivity contribution < 1.29 is 4.79 Å². The van der Waals surface area contributed by atoms with Crippen molar-refractivity contribution in [2.75, 3.05) is 11.5 Å². The summed E-state index contributed by atoms with van der Waals surface area (Å²) in [6.07, 6.45) is 1.76. The summed E-state index contributed by atoms with van der Waals surface area (Å²) in [5.41, 5.74) is 10.2.